The number of anilines is 2. The lowest BCUT2D eigenvalue weighted by atomic mass is 10.2. The van der Waals surface area contributed by atoms with Gasteiger partial charge in [-0.1, -0.05) is 26.0 Å². The third-order valence-corrected chi connectivity index (χ3v) is 4.50. The number of aromatic nitrogens is 2. The number of carbonyl (C=O) groups is 1. The molecule has 7 heteroatoms. The minimum atomic E-state index is -0.207. The van der Waals surface area contributed by atoms with Crippen LogP contribution in [0.1, 0.15) is 30.0 Å². The average molecular weight is 371 g/mol. The number of amides is 1. The molecule has 0 saturated carbocycles. The topological polar surface area (TPSA) is 61.4 Å². The number of hydrogen-bond donors (Lipinski definition) is 1. The number of aryl methyl sites for hydroxylation is 1. The molecule has 2 heterocycles. The van der Waals surface area contributed by atoms with Gasteiger partial charge in [0, 0.05) is 38.4 Å². The van der Waals surface area contributed by atoms with Crippen LogP contribution in [0.5, 0.6) is 0 Å². The molecule has 1 fully saturated rings. The summed E-state index contributed by atoms with van der Waals surface area (Å²) in [6.45, 7) is 9.26. The van der Waals surface area contributed by atoms with E-state index in [2.05, 4.69) is 15.3 Å². The molecule has 0 spiro atoms. The lowest BCUT2D eigenvalue weighted by Gasteiger charge is -2.36. The summed E-state index contributed by atoms with van der Waals surface area (Å²) in [5.74, 6) is 0.544. The van der Waals surface area contributed by atoms with Gasteiger partial charge in [-0.25, -0.2) is 14.4 Å². The minimum absolute atomic E-state index is 0.180. The highest BCUT2D eigenvalue weighted by Gasteiger charge is 2.22. The second-order valence-electron chi connectivity index (χ2n) is 7.22. The van der Waals surface area contributed by atoms with Gasteiger partial charge in [0.15, 0.2) is 0 Å². The first-order valence-corrected chi connectivity index (χ1v) is 9.32. The Morgan fingerprint density at radius 2 is 1.81 bits per heavy atom. The third kappa shape index (κ3) is 4.72. The smallest absolute Gasteiger partial charge is 0.270 e. The molecule has 0 bridgehead atoms. The van der Waals surface area contributed by atoms with Crippen molar-refractivity contribution in [3.8, 4) is 0 Å². The van der Waals surface area contributed by atoms with E-state index in [1.54, 1.807) is 18.2 Å². The Morgan fingerprint density at radius 3 is 2.48 bits per heavy atom. The van der Waals surface area contributed by atoms with Crippen LogP contribution in [0.15, 0.2) is 30.3 Å². The monoisotopic (exact) mass is 371 g/mol. The summed E-state index contributed by atoms with van der Waals surface area (Å²) in [6, 6.07) is 8.52. The molecule has 1 aromatic carbocycles. The van der Waals surface area contributed by atoms with E-state index in [0.29, 0.717) is 56.0 Å². The summed E-state index contributed by atoms with van der Waals surface area (Å²) in [5, 5.41) is 2.89. The molecule has 1 aliphatic heterocycles. The van der Waals surface area contributed by atoms with Crippen molar-refractivity contribution in [2.45, 2.75) is 20.8 Å². The molecule has 2 aromatic rings. The SMILES string of the molecule is Cc1cc(C(=O)NCC(C)C)nc(N2CCN(c3ccccc3F)CC2)n1. The zero-order valence-corrected chi connectivity index (χ0v) is 16.1. The Bertz CT molecular complexity index is 803. The van der Waals surface area contributed by atoms with Gasteiger partial charge >= 0.3 is 0 Å². The van der Waals surface area contributed by atoms with Crippen LogP contribution in [-0.4, -0.2) is 48.6 Å². The fraction of sp³-hybridized carbons (Fsp3) is 0.450. The molecule has 0 atom stereocenters. The standard InChI is InChI=1S/C20H26FN5O/c1-14(2)13-22-19(27)17-12-15(3)23-20(24-17)26-10-8-25(9-11-26)18-7-5-4-6-16(18)21/h4-7,12,14H,8-11,13H2,1-3H3,(H,22,27). The van der Waals surface area contributed by atoms with Crippen LogP contribution in [0.25, 0.3) is 0 Å². The van der Waals surface area contributed by atoms with E-state index >= 15 is 0 Å². The fourth-order valence-electron chi connectivity index (χ4n) is 3.05. The van der Waals surface area contributed by atoms with Gasteiger partial charge in [0.05, 0.1) is 5.69 Å². The van der Waals surface area contributed by atoms with Crippen molar-refractivity contribution < 1.29 is 9.18 Å². The molecule has 1 amide bonds. The number of halogens is 1. The van der Waals surface area contributed by atoms with Crippen LogP contribution in [0.2, 0.25) is 0 Å². The summed E-state index contributed by atoms with van der Waals surface area (Å²) in [6.07, 6.45) is 0. The maximum Gasteiger partial charge on any atom is 0.270 e. The normalized spacial score (nSPS) is 14.6. The van der Waals surface area contributed by atoms with E-state index in [0.717, 1.165) is 5.69 Å². The minimum Gasteiger partial charge on any atom is -0.366 e. The maximum atomic E-state index is 14.0. The highest BCUT2D eigenvalue weighted by molar-refractivity contribution is 5.92. The number of benzene rings is 1. The lowest BCUT2D eigenvalue weighted by molar-refractivity contribution is 0.0943. The average Bonchev–Trinajstić information content (AvgIpc) is 2.66. The summed E-state index contributed by atoms with van der Waals surface area (Å²) in [4.78, 5) is 25.4. The molecule has 27 heavy (non-hydrogen) atoms. The Balaban J connectivity index is 1.69. The second-order valence-corrected chi connectivity index (χ2v) is 7.22. The van der Waals surface area contributed by atoms with Gasteiger partial charge in [-0.3, -0.25) is 4.79 Å². The highest BCUT2D eigenvalue weighted by Crippen LogP contribution is 2.21. The van der Waals surface area contributed by atoms with Crippen molar-refractivity contribution in [2.75, 3.05) is 42.5 Å². The summed E-state index contributed by atoms with van der Waals surface area (Å²) >= 11 is 0. The maximum absolute atomic E-state index is 14.0. The largest absolute Gasteiger partial charge is 0.366 e. The van der Waals surface area contributed by atoms with Gasteiger partial charge in [0.2, 0.25) is 5.95 Å². The summed E-state index contributed by atoms with van der Waals surface area (Å²) in [7, 11) is 0. The van der Waals surface area contributed by atoms with E-state index in [9.17, 15) is 9.18 Å². The molecule has 0 aliphatic carbocycles. The number of carbonyl (C=O) groups excluding carboxylic acids is 1. The van der Waals surface area contributed by atoms with Crippen molar-refractivity contribution in [2.24, 2.45) is 5.92 Å². The number of piperazine rings is 1. The van der Waals surface area contributed by atoms with Gasteiger partial charge < -0.3 is 15.1 Å². The number of para-hydroxylation sites is 1. The zero-order valence-electron chi connectivity index (χ0n) is 16.1. The van der Waals surface area contributed by atoms with E-state index in [4.69, 9.17) is 0 Å². The van der Waals surface area contributed by atoms with Crippen LogP contribution >= 0.6 is 0 Å². The predicted octanol–water partition coefficient (Wildman–Crippen LogP) is 2.64. The molecule has 3 rings (SSSR count). The highest BCUT2D eigenvalue weighted by atomic mass is 19.1. The number of nitrogens with one attached hydrogen (secondary N) is 1. The fourth-order valence-corrected chi connectivity index (χ4v) is 3.05. The Hall–Kier alpha value is -2.70. The third-order valence-electron chi connectivity index (χ3n) is 4.50. The molecule has 0 radical (unpaired) electrons. The molecule has 1 N–H and O–H groups in total. The predicted molar refractivity (Wildman–Crippen MR) is 105 cm³/mol. The first-order valence-electron chi connectivity index (χ1n) is 9.32. The van der Waals surface area contributed by atoms with Crippen LogP contribution in [0, 0.1) is 18.7 Å². The van der Waals surface area contributed by atoms with Crippen LogP contribution in [0.4, 0.5) is 16.0 Å². The van der Waals surface area contributed by atoms with Gasteiger partial charge in [0.25, 0.3) is 5.91 Å². The Labute approximate surface area is 159 Å². The van der Waals surface area contributed by atoms with Gasteiger partial charge in [-0.15, -0.1) is 0 Å². The van der Waals surface area contributed by atoms with E-state index in [-0.39, 0.29) is 11.7 Å². The molecule has 6 nitrogen and oxygen atoms in total. The van der Waals surface area contributed by atoms with E-state index < -0.39 is 0 Å². The van der Waals surface area contributed by atoms with Crippen LogP contribution in [-0.2, 0) is 0 Å². The number of nitrogens with zero attached hydrogens (tertiary/aromatic N) is 4. The number of hydrogen-bond acceptors (Lipinski definition) is 5. The van der Waals surface area contributed by atoms with Crippen LogP contribution in [0.3, 0.4) is 0 Å². The van der Waals surface area contributed by atoms with Crippen molar-refractivity contribution in [3.05, 3.63) is 47.5 Å². The first kappa shape index (κ1) is 19.1. The van der Waals surface area contributed by atoms with Crippen molar-refractivity contribution >= 4 is 17.5 Å². The molecular formula is C20H26FN5O. The van der Waals surface area contributed by atoms with Gasteiger partial charge in [-0.05, 0) is 31.0 Å². The lowest BCUT2D eigenvalue weighted by Crippen LogP contribution is -2.47. The molecule has 1 aromatic heterocycles. The summed E-state index contributed by atoms with van der Waals surface area (Å²) < 4.78 is 14.0. The molecule has 0 unspecified atom stereocenters. The van der Waals surface area contributed by atoms with E-state index in [1.807, 2.05) is 36.6 Å². The Morgan fingerprint density at radius 1 is 1.15 bits per heavy atom. The molecule has 144 valence electrons. The summed E-state index contributed by atoms with van der Waals surface area (Å²) in [5.41, 5.74) is 1.76. The van der Waals surface area contributed by atoms with Gasteiger partial charge in [-0.2, -0.15) is 0 Å². The first-order chi connectivity index (χ1) is 12.9. The van der Waals surface area contributed by atoms with Gasteiger partial charge in [0.1, 0.15) is 11.5 Å². The van der Waals surface area contributed by atoms with Crippen molar-refractivity contribution in [1.29, 1.82) is 0 Å². The quantitative estimate of drug-likeness (QED) is 0.876. The zero-order chi connectivity index (χ0) is 19.4. The van der Waals surface area contributed by atoms with Crippen LogP contribution < -0.4 is 15.1 Å². The molecule has 1 aliphatic rings. The Kier molecular flexibility index (Phi) is 5.88. The number of rotatable bonds is 5. The van der Waals surface area contributed by atoms with Crippen molar-refractivity contribution in [1.82, 2.24) is 15.3 Å². The van der Waals surface area contributed by atoms with E-state index in [1.165, 1.54) is 6.07 Å². The van der Waals surface area contributed by atoms with Crippen molar-refractivity contribution in [3.63, 3.8) is 0 Å². The molecule has 1 saturated heterocycles. The second kappa shape index (κ2) is 8.33. The molecular weight excluding hydrogens is 345 g/mol.